The predicted octanol–water partition coefficient (Wildman–Crippen LogP) is 3.02. The van der Waals surface area contributed by atoms with E-state index in [9.17, 15) is 14.0 Å². The molecule has 2 rings (SSSR count). The number of amides is 2. The maximum Gasteiger partial charge on any atom is 0.240 e. The third kappa shape index (κ3) is 2.77. The van der Waals surface area contributed by atoms with Crippen LogP contribution in [-0.2, 0) is 15.0 Å². The largest absolute Gasteiger partial charge is 0.282 e. The summed E-state index contributed by atoms with van der Waals surface area (Å²) in [5.41, 5.74) is -0.167. The number of hydrogen-bond donors (Lipinski definition) is 0. The van der Waals surface area contributed by atoms with Crippen molar-refractivity contribution in [3.8, 4) is 0 Å². The third-order valence-electron chi connectivity index (χ3n) is 3.77. The molecule has 1 unspecified atom stereocenters. The summed E-state index contributed by atoms with van der Waals surface area (Å²) in [5, 5.41) is 0.860. The molecule has 0 bridgehead atoms. The molecule has 1 aromatic carbocycles. The molecule has 0 aliphatic carbocycles. The van der Waals surface area contributed by atoms with Crippen molar-refractivity contribution >= 4 is 27.7 Å². The number of rotatable bonds is 5. The van der Waals surface area contributed by atoms with Crippen molar-refractivity contribution in [1.82, 2.24) is 4.90 Å². The predicted molar refractivity (Wildman–Crippen MR) is 78.1 cm³/mol. The van der Waals surface area contributed by atoms with Gasteiger partial charge in [-0.05, 0) is 37.5 Å². The molecule has 0 aromatic heterocycles. The highest BCUT2D eigenvalue weighted by Crippen LogP contribution is 2.36. The van der Waals surface area contributed by atoms with Crippen LogP contribution in [0.2, 0.25) is 0 Å². The van der Waals surface area contributed by atoms with E-state index in [4.69, 9.17) is 0 Å². The molecule has 20 heavy (non-hydrogen) atoms. The van der Waals surface area contributed by atoms with Crippen LogP contribution in [0, 0.1) is 5.82 Å². The summed E-state index contributed by atoms with van der Waals surface area (Å²) in [5.74, 6) is -0.664. The second-order valence-electron chi connectivity index (χ2n) is 5.26. The summed E-state index contributed by atoms with van der Waals surface area (Å²) in [6.45, 7) is 2.21. The Labute approximate surface area is 126 Å². The number of alkyl halides is 1. The highest BCUT2D eigenvalue weighted by Gasteiger charge is 2.48. The van der Waals surface area contributed by atoms with Gasteiger partial charge in [0.15, 0.2) is 0 Å². The normalized spacial score (nSPS) is 22.6. The molecule has 1 aromatic rings. The van der Waals surface area contributed by atoms with Crippen molar-refractivity contribution in [3.63, 3.8) is 0 Å². The zero-order valence-corrected chi connectivity index (χ0v) is 13.0. The molecule has 1 aliphatic heterocycles. The zero-order valence-electron chi connectivity index (χ0n) is 11.4. The molecule has 2 amide bonds. The quantitative estimate of drug-likeness (QED) is 0.469. The molecule has 0 saturated carbocycles. The fourth-order valence-electron chi connectivity index (χ4n) is 2.52. The molecule has 108 valence electrons. The van der Waals surface area contributed by atoms with Gasteiger partial charge in [-0.15, -0.1) is 0 Å². The van der Waals surface area contributed by atoms with Crippen molar-refractivity contribution in [3.05, 3.63) is 35.6 Å². The van der Waals surface area contributed by atoms with Gasteiger partial charge in [0.2, 0.25) is 11.8 Å². The lowest BCUT2D eigenvalue weighted by atomic mass is 9.81. The van der Waals surface area contributed by atoms with Gasteiger partial charge < -0.3 is 0 Å². The minimum atomic E-state index is -0.862. The number of carbonyl (C=O) groups is 2. The van der Waals surface area contributed by atoms with Gasteiger partial charge in [0.25, 0.3) is 0 Å². The topological polar surface area (TPSA) is 37.4 Å². The number of likely N-dealkylation sites (tertiary alicyclic amines) is 1. The first kappa shape index (κ1) is 15.2. The van der Waals surface area contributed by atoms with Crippen LogP contribution in [-0.4, -0.2) is 28.6 Å². The molecule has 1 aliphatic rings. The molecule has 3 nitrogen and oxygen atoms in total. The van der Waals surface area contributed by atoms with Crippen molar-refractivity contribution < 1.29 is 14.0 Å². The molecular weight excluding hydrogens is 325 g/mol. The first-order chi connectivity index (χ1) is 9.49. The Kier molecular flexibility index (Phi) is 4.58. The Morgan fingerprint density at radius 1 is 1.25 bits per heavy atom. The second kappa shape index (κ2) is 6.04. The van der Waals surface area contributed by atoms with Crippen LogP contribution in [0.5, 0.6) is 0 Å². The number of hydrogen-bond acceptors (Lipinski definition) is 2. The standard InChI is InChI=1S/C15H17BrFNO2/c1-15(11-4-6-12(17)7-5-11)10-13(19)18(14(15)20)9-3-2-8-16/h4-7H,2-3,8-10H2,1H3. The van der Waals surface area contributed by atoms with Crippen LogP contribution in [0.1, 0.15) is 31.7 Å². The Bertz CT molecular complexity index is 517. The first-order valence-electron chi connectivity index (χ1n) is 6.66. The van der Waals surface area contributed by atoms with E-state index in [-0.39, 0.29) is 24.1 Å². The number of unbranched alkanes of at least 4 members (excludes halogenated alkanes) is 1. The van der Waals surface area contributed by atoms with Crippen LogP contribution in [0.15, 0.2) is 24.3 Å². The molecular formula is C15H17BrFNO2. The lowest BCUT2D eigenvalue weighted by Crippen LogP contribution is -2.37. The number of halogens is 2. The SMILES string of the molecule is CC1(c2ccc(F)cc2)CC(=O)N(CCCCBr)C1=O. The molecule has 1 heterocycles. The molecule has 1 fully saturated rings. The van der Waals surface area contributed by atoms with E-state index < -0.39 is 5.41 Å². The average molecular weight is 342 g/mol. The van der Waals surface area contributed by atoms with E-state index in [1.807, 2.05) is 0 Å². The second-order valence-corrected chi connectivity index (χ2v) is 6.06. The van der Waals surface area contributed by atoms with E-state index in [1.165, 1.54) is 17.0 Å². The Morgan fingerprint density at radius 3 is 2.50 bits per heavy atom. The fraction of sp³-hybridized carbons (Fsp3) is 0.467. The number of carbonyl (C=O) groups excluding carboxylic acids is 2. The summed E-state index contributed by atoms with van der Waals surface area (Å²) < 4.78 is 13.0. The molecule has 0 spiro atoms. The van der Waals surface area contributed by atoms with Crippen LogP contribution in [0.3, 0.4) is 0 Å². The fourth-order valence-corrected chi connectivity index (χ4v) is 2.92. The molecule has 0 N–H and O–H groups in total. The van der Waals surface area contributed by atoms with E-state index in [1.54, 1.807) is 19.1 Å². The monoisotopic (exact) mass is 341 g/mol. The number of imide groups is 1. The highest BCUT2D eigenvalue weighted by molar-refractivity contribution is 9.09. The first-order valence-corrected chi connectivity index (χ1v) is 7.78. The minimum absolute atomic E-state index is 0.142. The van der Waals surface area contributed by atoms with Gasteiger partial charge in [-0.25, -0.2) is 4.39 Å². The van der Waals surface area contributed by atoms with Crippen LogP contribution >= 0.6 is 15.9 Å². The Morgan fingerprint density at radius 2 is 1.90 bits per heavy atom. The van der Waals surface area contributed by atoms with Crippen LogP contribution in [0.25, 0.3) is 0 Å². The summed E-state index contributed by atoms with van der Waals surface area (Å²) in [7, 11) is 0. The maximum absolute atomic E-state index is 13.0. The van der Waals surface area contributed by atoms with Crippen LogP contribution in [0.4, 0.5) is 4.39 Å². The number of benzene rings is 1. The summed E-state index contributed by atoms with van der Waals surface area (Å²) >= 11 is 3.33. The van der Waals surface area contributed by atoms with Gasteiger partial charge in [0.05, 0.1) is 5.41 Å². The van der Waals surface area contributed by atoms with Gasteiger partial charge in [-0.1, -0.05) is 28.1 Å². The van der Waals surface area contributed by atoms with Gasteiger partial charge in [-0.2, -0.15) is 0 Å². The highest BCUT2D eigenvalue weighted by atomic mass is 79.9. The number of nitrogens with zero attached hydrogens (tertiary/aromatic N) is 1. The van der Waals surface area contributed by atoms with E-state index in [0.29, 0.717) is 12.1 Å². The van der Waals surface area contributed by atoms with Gasteiger partial charge in [-0.3, -0.25) is 14.5 Å². The minimum Gasteiger partial charge on any atom is -0.282 e. The Hall–Kier alpha value is -1.23. The van der Waals surface area contributed by atoms with Crippen molar-refractivity contribution in [2.75, 3.05) is 11.9 Å². The van der Waals surface area contributed by atoms with Crippen molar-refractivity contribution in [2.24, 2.45) is 0 Å². The summed E-state index contributed by atoms with van der Waals surface area (Å²) in [4.78, 5) is 25.9. The maximum atomic E-state index is 13.0. The van der Waals surface area contributed by atoms with Crippen LogP contribution < -0.4 is 0 Å². The lowest BCUT2D eigenvalue weighted by Gasteiger charge is -2.22. The van der Waals surface area contributed by atoms with Crippen molar-refractivity contribution in [2.45, 2.75) is 31.6 Å². The van der Waals surface area contributed by atoms with Crippen molar-refractivity contribution in [1.29, 1.82) is 0 Å². The molecule has 1 atom stereocenters. The van der Waals surface area contributed by atoms with E-state index in [2.05, 4.69) is 15.9 Å². The molecule has 5 heteroatoms. The van der Waals surface area contributed by atoms with E-state index in [0.717, 1.165) is 18.2 Å². The van der Waals surface area contributed by atoms with E-state index >= 15 is 0 Å². The smallest absolute Gasteiger partial charge is 0.240 e. The molecule has 0 radical (unpaired) electrons. The van der Waals surface area contributed by atoms with Gasteiger partial charge in [0.1, 0.15) is 5.82 Å². The Balaban J connectivity index is 2.19. The summed E-state index contributed by atoms with van der Waals surface area (Å²) in [6.07, 6.45) is 1.87. The van der Waals surface area contributed by atoms with Gasteiger partial charge in [0, 0.05) is 18.3 Å². The lowest BCUT2D eigenvalue weighted by molar-refractivity contribution is -0.139. The molecule has 1 saturated heterocycles. The average Bonchev–Trinajstić information content (AvgIpc) is 2.64. The summed E-state index contributed by atoms with van der Waals surface area (Å²) in [6, 6.07) is 5.82. The third-order valence-corrected chi connectivity index (χ3v) is 4.33. The zero-order chi connectivity index (χ0) is 14.8. The van der Waals surface area contributed by atoms with Gasteiger partial charge >= 0.3 is 0 Å².